The van der Waals surface area contributed by atoms with Crippen LogP contribution < -0.4 is 4.74 Å². The van der Waals surface area contributed by atoms with E-state index in [1.54, 1.807) is 7.11 Å². The summed E-state index contributed by atoms with van der Waals surface area (Å²) in [6.45, 7) is 4.21. The van der Waals surface area contributed by atoms with E-state index < -0.39 is 0 Å². The predicted molar refractivity (Wildman–Crippen MR) is 79.7 cm³/mol. The third-order valence-corrected chi connectivity index (χ3v) is 4.19. The Labute approximate surface area is 117 Å². The summed E-state index contributed by atoms with van der Waals surface area (Å²) in [5.74, 6) is 0.934. The molecule has 0 aliphatic rings. The normalized spacial score (nSPS) is 12.2. The number of rotatable bonds is 3. The van der Waals surface area contributed by atoms with E-state index in [-0.39, 0.29) is 4.83 Å². The van der Waals surface area contributed by atoms with Crippen LogP contribution in [-0.2, 0) is 0 Å². The zero-order chi connectivity index (χ0) is 13.1. The number of benzene rings is 2. The highest BCUT2D eigenvalue weighted by atomic mass is 79.9. The lowest BCUT2D eigenvalue weighted by Crippen LogP contribution is -1.97. The minimum absolute atomic E-state index is 0.225. The molecular weight excluding hydrogens is 288 g/mol. The Balaban J connectivity index is 2.37. The molecule has 2 heteroatoms. The van der Waals surface area contributed by atoms with Crippen molar-refractivity contribution in [1.82, 2.24) is 0 Å². The van der Waals surface area contributed by atoms with Crippen LogP contribution in [0.2, 0.25) is 0 Å². The summed E-state index contributed by atoms with van der Waals surface area (Å²) < 4.78 is 5.29. The van der Waals surface area contributed by atoms with Crippen molar-refractivity contribution in [2.75, 3.05) is 7.11 Å². The van der Waals surface area contributed by atoms with E-state index in [2.05, 4.69) is 66.2 Å². The molecule has 0 amide bonds. The number of halogens is 1. The van der Waals surface area contributed by atoms with E-state index in [0.29, 0.717) is 0 Å². The lowest BCUT2D eigenvalue weighted by Gasteiger charge is -2.15. The summed E-state index contributed by atoms with van der Waals surface area (Å²) >= 11 is 3.78. The van der Waals surface area contributed by atoms with Crippen LogP contribution in [0.3, 0.4) is 0 Å². The van der Waals surface area contributed by atoms with Gasteiger partial charge in [0.05, 0.1) is 11.9 Å². The van der Waals surface area contributed by atoms with Gasteiger partial charge in [-0.3, -0.25) is 0 Å². The minimum atomic E-state index is 0.225. The molecule has 1 atom stereocenters. The molecule has 2 aromatic carbocycles. The molecule has 94 valence electrons. The Bertz CT molecular complexity index is 549. The van der Waals surface area contributed by atoms with Crippen LogP contribution in [0.5, 0.6) is 5.75 Å². The monoisotopic (exact) mass is 304 g/mol. The molecule has 2 aromatic rings. The van der Waals surface area contributed by atoms with E-state index in [0.717, 1.165) is 11.3 Å². The molecule has 0 saturated heterocycles. The molecule has 1 nitrogen and oxygen atoms in total. The van der Waals surface area contributed by atoms with Gasteiger partial charge in [-0.2, -0.15) is 0 Å². The standard InChI is InChI=1S/C16H17BrO/c1-11-6-4-5-7-14(11)16(17)13-8-9-15(18-3)12(2)10-13/h4-10,16H,1-3H3. The Kier molecular flexibility index (Phi) is 4.07. The first-order chi connectivity index (χ1) is 8.63. The van der Waals surface area contributed by atoms with Gasteiger partial charge in [-0.1, -0.05) is 52.3 Å². The van der Waals surface area contributed by atoms with Crippen LogP contribution >= 0.6 is 15.9 Å². The van der Waals surface area contributed by atoms with E-state index in [9.17, 15) is 0 Å². The fraction of sp³-hybridized carbons (Fsp3) is 0.250. The Morgan fingerprint density at radius 2 is 1.72 bits per heavy atom. The Morgan fingerprint density at radius 3 is 2.33 bits per heavy atom. The van der Waals surface area contributed by atoms with Crippen molar-refractivity contribution in [3.05, 3.63) is 64.7 Å². The number of hydrogen-bond donors (Lipinski definition) is 0. The van der Waals surface area contributed by atoms with E-state index in [4.69, 9.17) is 4.74 Å². The summed E-state index contributed by atoms with van der Waals surface area (Å²) in [6, 6.07) is 14.7. The highest BCUT2D eigenvalue weighted by Crippen LogP contribution is 2.34. The fourth-order valence-corrected chi connectivity index (χ4v) is 2.91. The molecule has 0 aliphatic heterocycles. The first-order valence-electron chi connectivity index (χ1n) is 5.97. The summed E-state index contributed by atoms with van der Waals surface area (Å²) in [5, 5.41) is 0. The molecule has 1 unspecified atom stereocenters. The van der Waals surface area contributed by atoms with Crippen molar-refractivity contribution in [2.45, 2.75) is 18.7 Å². The van der Waals surface area contributed by atoms with Gasteiger partial charge in [-0.25, -0.2) is 0 Å². The average molecular weight is 305 g/mol. The second-order valence-electron chi connectivity index (χ2n) is 4.45. The molecule has 0 bridgehead atoms. The van der Waals surface area contributed by atoms with E-state index in [1.165, 1.54) is 16.7 Å². The van der Waals surface area contributed by atoms with Crippen LogP contribution in [-0.4, -0.2) is 7.11 Å². The number of hydrogen-bond acceptors (Lipinski definition) is 1. The number of methoxy groups -OCH3 is 1. The SMILES string of the molecule is COc1ccc(C(Br)c2ccccc2C)cc1C. The number of alkyl halides is 1. The number of ether oxygens (including phenoxy) is 1. The van der Waals surface area contributed by atoms with Crippen LogP contribution in [0.4, 0.5) is 0 Å². The molecule has 0 saturated carbocycles. The van der Waals surface area contributed by atoms with Crippen LogP contribution in [0.1, 0.15) is 27.1 Å². The summed E-state index contributed by atoms with van der Waals surface area (Å²) in [4.78, 5) is 0.225. The van der Waals surface area contributed by atoms with Gasteiger partial charge in [0.1, 0.15) is 5.75 Å². The van der Waals surface area contributed by atoms with Crippen molar-refractivity contribution in [1.29, 1.82) is 0 Å². The Morgan fingerprint density at radius 1 is 1.00 bits per heavy atom. The van der Waals surface area contributed by atoms with Crippen LogP contribution in [0.25, 0.3) is 0 Å². The van der Waals surface area contributed by atoms with Gasteiger partial charge in [-0.15, -0.1) is 0 Å². The summed E-state index contributed by atoms with van der Waals surface area (Å²) in [6.07, 6.45) is 0. The molecular formula is C16H17BrO. The topological polar surface area (TPSA) is 9.23 Å². The minimum Gasteiger partial charge on any atom is -0.496 e. The number of aryl methyl sites for hydroxylation is 2. The molecule has 0 N–H and O–H groups in total. The maximum Gasteiger partial charge on any atom is 0.121 e. The predicted octanol–water partition coefficient (Wildman–Crippen LogP) is 4.80. The van der Waals surface area contributed by atoms with Gasteiger partial charge in [0.2, 0.25) is 0 Å². The summed E-state index contributed by atoms with van der Waals surface area (Å²) in [5.41, 5.74) is 5.02. The third kappa shape index (κ3) is 2.59. The maximum absolute atomic E-state index is 5.29. The summed E-state index contributed by atoms with van der Waals surface area (Å²) in [7, 11) is 1.70. The molecule has 2 rings (SSSR count). The van der Waals surface area contributed by atoms with Crippen LogP contribution in [0.15, 0.2) is 42.5 Å². The fourth-order valence-electron chi connectivity index (χ4n) is 2.11. The maximum atomic E-state index is 5.29. The molecule has 18 heavy (non-hydrogen) atoms. The second-order valence-corrected chi connectivity index (χ2v) is 5.36. The van der Waals surface area contributed by atoms with Gasteiger partial charge >= 0.3 is 0 Å². The van der Waals surface area contributed by atoms with Gasteiger partial charge < -0.3 is 4.74 Å². The van der Waals surface area contributed by atoms with E-state index in [1.807, 2.05) is 6.07 Å². The van der Waals surface area contributed by atoms with Crippen molar-refractivity contribution in [3.8, 4) is 5.75 Å². The highest BCUT2D eigenvalue weighted by Gasteiger charge is 2.13. The van der Waals surface area contributed by atoms with E-state index >= 15 is 0 Å². The van der Waals surface area contributed by atoms with Crippen molar-refractivity contribution >= 4 is 15.9 Å². The lowest BCUT2D eigenvalue weighted by atomic mass is 9.99. The first kappa shape index (κ1) is 13.2. The molecule has 0 heterocycles. The molecule has 0 radical (unpaired) electrons. The molecule has 0 spiro atoms. The second kappa shape index (κ2) is 5.57. The largest absolute Gasteiger partial charge is 0.496 e. The highest BCUT2D eigenvalue weighted by molar-refractivity contribution is 9.09. The van der Waals surface area contributed by atoms with Gasteiger partial charge in [0.25, 0.3) is 0 Å². The Hall–Kier alpha value is -1.28. The molecule has 0 fully saturated rings. The van der Waals surface area contributed by atoms with Crippen molar-refractivity contribution in [2.24, 2.45) is 0 Å². The average Bonchev–Trinajstić information content (AvgIpc) is 2.38. The van der Waals surface area contributed by atoms with Gasteiger partial charge in [-0.05, 0) is 42.2 Å². The quantitative estimate of drug-likeness (QED) is 0.740. The zero-order valence-corrected chi connectivity index (χ0v) is 12.5. The third-order valence-electron chi connectivity index (χ3n) is 3.17. The van der Waals surface area contributed by atoms with Gasteiger partial charge in [0, 0.05) is 0 Å². The zero-order valence-electron chi connectivity index (χ0n) is 10.9. The van der Waals surface area contributed by atoms with Crippen LogP contribution in [0, 0.1) is 13.8 Å². The lowest BCUT2D eigenvalue weighted by molar-refractivity contribution is 0.411. The van der Waals surface area contributed by atoms with Crippen molar-refractivity contribution in [3.63, 3.8) is 0 Å². The molecule has 0 aliphatic carbocycles. The van der Waals surface area contributed by atoms with Crippen molar-refractivity contribution < 1.29 is 4.74 Å². The molecule has 0 aromatic heterocycles. The van der Waals surface area contributed by atoms with Gasteiger partial charge in [0.15, 0.2) is 0 Å². The smallest absolute Gasteiger partial charge is 0.121 e. The first-order valence-corrected chi connectivity index (χ1v) is 6.89.